The topological polar surface area (TPSA) is 51.0 Å². The van der Waals surface area contributed by atoms with Crippen molar-refractivity contribution in [2.24, 2.45) is 5.92 Å². The summed E-state index contributed by atoms with van der Waals surface area (Å²) in [5, 5.41) is 8.49. The fourth-order valence-corrected chi connectivity index (χ4v) is 3.43. The quantitative estimate of drug-likeness (QED) is 0.872. The normalized spacial score (nSPS) is 21.4. The lowest BCUT2D eigenvalue weighted by atomic mass is 10.00. The van der Waals surface area contributed by atoms with E-state index in [2.05, 4.69) is 14.8 Å². The van der Waals surface area contributed by atoms with Crippen LogP contribution in [0.4, 0.5) is 0 Å². The standard InChI is InChI=1S/C18H22N4O/c23-18(15-6-2-1-3-7-15)22-11-5-4-8-16(22)17-20-19-13-21(17)12-14-9-10-14/h1-3,6-7,13-14,16H,4-5,8-12H2/t16-/m1/s1. The molecule has 1 aromatic heterocycles. The first kappa shape index (κ1) is 14.4. The predicted molar refractivity (Wildman–Crippen MR) is 86.8 cm³/mol. The van der Waals surface area contributed by atoms with E-state index >= 15 is 0 Å². The summed E-state index contributed by atoms with van der Waals surface area (Å²) in [6.45, 7) is 1.79. The maximum absolute atomic E-state index is 12.9. The van der Waals surface area contributed by atoms with Crippen LogP contribution in [0.15, 0.2) is 36.7 Å². The summed E-state index contributed by atoms with van der Waals surface area (Å²) in [4.78, 5) is 14.9. The minimum absolute atomic E-state index is 0.0534. The molecule has 0 N–H and O–H groups in total. The molecule has 1 aromatic carbocycles. The molecular weight excluding hydrogens is 288 g/mol. The summed E-state index contributed by atoms with van der Waals surface area (Å²) in [7, 11) is 0. The first-order valence-electron chi connectivity index (χ1n) is 8.56. The number of aromatic nitrogens is 3. The molecular formula is C18H22N4O. The molecule has 1 saturated carbocycles. The number of carbonyl (C=O) groups excluding carboxylic acids is 1. The number of benzene rings is 1. The molecule has 0 radical (unpaired) electrons. The van der Waals surface area contributed by atoms with Crippen LogP contribution >= 0.6 is 0 Å². The van der Waals surface area contributed by atoms with E-state index in [0.29, 0.717) is 0 Å². The van der Waals surface area contributed by atoms with Gasteiger partial charge < -0.3 is 9.47 Å². The van der Waals surface area contributed by atoms with Crippen LogP contribution in [0.25, 0.3) is 0 Å². The first-order valence-corrected chi connectivity index (χ1v) is 8.56. The number of piperidine rings is 1. The third-order valence-electron chi connectivity index (χ3n) is 4.88. The molecule has 0 unspecified atom stereocenters. The molecule has 120 valence electrons. The zero-order valence-corrected chi connectivity index (χ0v) is 13.3. The van der Waals surface area contributed by atoms with E-state index in [1.807, 2.05) is 41.6 Å². The van der Waals surface area contributed by atoms with Gasteiger partial charge in [0.1, 0.15) is 6.33 Å². The van der Waals surface area contributed by atoms with E-state index in [1.54, 1.807) is 0 Å². The van der Waals surface area contributed by atoms with Crippen LogP contribution in [0.1, 0.15) is 54.3 Å². The fourth-order valence-electron chi connectivity index (χ4n) is 3.43. The Kier molecular flexibility index (Phi) is 3.85. The Morgan fingerprint density at radius 2 is 1.96 bits per heavy atom. The van der Waals surface area contributed by atoms with E-state index in [-0.39, 0.29) is 11.9 Å². The van der Waals surface area contributed by atoms with Crippen molar-refractivity contribution in [1.82, 2.24) is 19.7 Å². The molecule has 4 rings (SSSR count). The maximum atomic E-state index is 12.9. The summed E-state index contributed by atoms with van der Waals surface area (Å²) < 4.78 is 2.17. The number of amides is 1. The van der Waals surface area contributed by atoms with Gasteiger partial charge in [0.15, 0.2) is 5.82 Å². The summed E-state index contributed by atoms with van der Waals surface area (Å²) in [5.41, 5.74) is 0.757. The Balaban J connectivity index is 1.60. The van der Waals surface area contributed by atoms with Crippen LogP contribution < -0.4 is 0 Å². The summed E-state index contributed by atoms with van der Waals surface area (Å²) >= 11 is 0. The van der Waals surface area contributed by atoms with Crippen molar-refractivity contribution in [3.63, 3.8) is 0 Å². The number of likely N-dealkylation sites (tertiary alicyclic amines) is 1. The smallest absolute Gasteiger partial charge is 0.254 e. The van der Waals surface area contributed by atoms with Gasteiger partial charge in [-0.2, -0.15) is 0 Å². The number of carbonyl (C=O) groups is 1. The molecule has 0 spiro atoms. The zero-order valence-electron chi connectivity index (χ0n) is 13.3. The van der Waals surface area contributed by atoms with Crippen molar-refractivity contribution in [1.29, 1.82) is 0 Å². The Hall–Kier alpha value is -2.17. The second-order valence-electron chi connectivity index (χ2n) is 6.66. The maximum Gasteiger partial charge on any atom is 0.254 e. The highest BCUT2D eigenvalue weighted by atomic mass is 16.2. The SMILES string of the molecule is O=C(c1ccccc1)N1CCCC[C@@H]1c1nncn1CC1CC1. The molecule has 2 aromatic rings. The minimum Gasteiger partial charge on any atom is -0.328 e. The highest BCUT2D eigenvalue weighted by Gasteiger charge is 2.33. The highest BCUT2D eigenvalue weighted by molar-refractivity contribution is 5.94. The fraction of sp³-hybridized carbons (Fsp3) is 0.500. The molecule has 1 saturated heterocycles. The molecule has 2 fully saturated rings. The van der Waals surface area contributed by atoms with Gasteiger partial charge in [0.05, 0.1) is 6.04 Å². The summed E-state index contributed by atoms with van der Waals surface area (Å²) in [6.07, 6.45) is 7.60. The molecule has 0 bridgehead atoms. The largest absolute Gasteiger partial charge is 0.328 e. The van der Waals surface area contributed by atoms with Crippen LogP contribution in [0.5, 0.6) is 0 Å². The van der Waals surface area contributed by atoms with Crippen molar-refractivity contribution in [2.75, 3.05) is 6.54 Å². The third-order valence-corrected chi connectivity index (χ3v) is 4.88. The number of nitrogens with zero attached hydrogens (tertiary/aromatic N) is 4. The Bertz CT molecular complexity index is 677. The van der Waals surface area contributed by atoms with Gasteiger partial charge in [-0.25, -0.2) is 0 Å². The van der Waals surface area contributed by atoms with Gasteiger partial charge in [0.25, 0.3) is 5.91 Å². The van der Waals surface area contributed by atoms with Crippen LogP contribution in [0, 0.1) is 5.92 Å². The monoisotopic (exact) mass is 310 g/mol. The molecule has 2 aliphatic rings. The van der Waals surface area contributed by atoms with E-state index in [0.717, 1.165) is 49.7 Å². The Labute approximate surface area is 136 Å². The number of hydrogen-bond acceptors (Lipinski definition) is 3. The minimum atomic E-state index is 0.0534. The molecule has 2 heterocycles. The van der Waals surface area contributed by atoms with E-state index in [1.165, 1.54) is 12.8 Å². The van der Waals surface area contributed by atoms with Crippen molar-refractivity contribution < 1.29 is 4.79 Å². The van der Waals surface area contributed by atoms with Crippen LogP contribution in [0.2, 0.25) is 0 Å². The van der Waals surface area contributed by atoms with Crippen LogP contribution in [-0.2, 0) is 6.54 Å². The molecule has 23 heavy (non-hydrogen) atoms. The lowest BCUT2D eigenvalue weighted by Crippen LogP contribution is -2.39. The molecule has 1 aliphatic carbocycles. The number of hydrogen-bond donors (Lipinski definition) is 0. The summed E-state index contributed by atoms with van der Waals surface area (Å²) in [5.74, 6) is 1.84. The lowest BCUT2D eigenvalue weighted by Gasteiger charge is -2.35. The van der Waals surface area contributed by atoms with Gasteiger partial charge in [-0.3, -0.25) is 4.79 Å². The van der Waals surface area contributed by atoms with Gasteiger partial charge in [0, 0.05) is 18.7 Å². The van der Waals surface area contributed by atoms with Crippen molar-refractivity contribution >= 4 is 5.91 Å². The zero-order chi connectivity index (χ0) is 15.6. The predicted octanol–water partition coefficient (Wildman–Crippen LogP) is 3.06. The number of rotatable bonds is 4. The molecule has 1 amide bonds. The summed E-state index contributed by atoms with van der Waals surface area (Å²) in [6, 6.07) is 9.62. The van der Waals surface area contributed by atoms with Gasteiger partial charge >= 0.3 is 0 Å². The van der Waals surface area contributed by atoms with E-state index in [4.69, 9.17) is 0 Å². The van der Waals surface area contributed by atoms with E-state index in [9.17, 15) is 4.79 Å². The van der Waals surface area contributed by atoms with Gasteiger partial charge in [0.2, 0.25) is 0 Å². The van der Waals surface area contributed by atoms with Gasteiger partial charge in [-0.05, 0) is 50.2 Å². The van der Waals surface area contributed by atoms with Crippen molar-refractivity contribution in [3.05, 3.63) is 48.0 Å². The second kappa shape index (κ2) is 6.14. The molecule has 1 aliphatic heterocycles. The van der Waals surface area contributed by atoms with Crippen LogP contribution in [-0.4, -0.2) is 32.1 Å². The third kappa shape index (κ3) is 3.00. The van der Waals surface area contributed by atoms with Crippen LogP contribution in [0.3, 0.4) is 0 Å². The Morgan fingerprint density at radius 3 is 2.74 bits per heavy atom. The van der Waals surface area contributed by atoms with Crippen molar-refractivity contribution in [3.8, 4) is 0 Å². The molecule has 1 atom stereocenters. The first-order chi connectivity index (χ1) is 11.3. The highest BCUT2D eigenvalue weighted by Crippen LogP contribution is 2.34. The molecule has 5 heteroatoms. The average Bonchev–Trinajstić information content (AvgIpc) is 3.30. The molecule has 5 nitrogen and oxygen atoms in total. The lowest BCUT2D eigenvalue weighted by molar-refractivity contribution is 0.0594. The second-order valence-corrected chi connectivity index (χ2v) is 6.66. The van der Waals surface area contributed by atoms with E-state index < -0.39 is 0 Å². The Morgan fingerprint density at radius 1 is 1.13 bits per heavy atom. The van der Waals surface area contributed by atoms with Gasteiger partial charge in [-0.1, -0.05) is 18.2 Å². The van der Waals surface area contributed by atoms with Crippen molar-refractivity contribution in [2.45, 2.75) is 44.7 Å². The van der Waals surface area contributed by atoms with Gasteiger partial charge in [-0.15, -0.1) is 10.2 Å². The average molecular weight is 310 g/mol.